The molecule has 2 aliphatic rings. The second-order valence-electron chi connectivity index (χ2n) is 9.91. The Morgan fingerprint density at radius 3 is 2.35 bits per heavy atom. The quantitative estimate of drug-likeness (QED) is 0.211. The molecule has 0 unspecified atom stereocenters. The van der Waals surface area contributed by atoms with Gasteiger partial charge in [0.1, 0.15) is 0 Å². The number of nitro benzene ring substituents is 1. The number of halogens is 1. The summed E-state index contributed by atoms with van der Waals surface area (Å²) in [4.78, 5) is 41.2. The van der Waals surface area contributed by atoms with Crippen molar-refractivity contribution in [3.63, 3.8) is 0 Å². The first-order chi connectivity index (χ1) is 19.4. The normalized spacial score (nSPS) is 18.3. The molecule has 0 radical (unpaired) electrons. The summed E-state index contributed by atoms with van der Waals surface area (Å²) in [5, 5.41) is 15.8. The SMILES string of the molecule is O=C1C[C@H](c2ccc(Cl)cc2)CC2=C1[C@H](c1cccc([N+](=O)[O-])c1)N(C(=O)c1ccccc1)c1ccccc1N2. The number of hydrogen-bond acceptors (Lipinski definition) is 5. The lowest BCUT2D eigenvalue weighted by atomic mass is 9.78. The van der Waals surface area contributed by atoms with Crippen LogP contribution in [-0.2, 0) is 4.79 Å². The Bertz CT molecular complexity index is 1670. The van der Waals surface area contributed by atoms with Crippen molar-refractivity contribution in [2.24, 2.45) is 0 Å². The van der Waals surface area contributed by atoms with E-state index in [9.17, 15) is 19.7 Å². The summed E-state index contributed by atoms with van der Waals surface area (Å²) in [6, 6.07) is 29.0. The number of nitrogens with zero attached hydrogens (tertiary/aromatic N) is 2. The van der Waals surface area contributed by atoms with Gasteiger partial charge >= 0.3 is 0 Å². The summed E-state index contributed by atoms with van der Waals surface area (Å²) in [5.41, 5.74) is 4.21. The molecule has 1 amide bonds. The predicted molar refractivity (Wildman–Crippen MR) is 155 cm³/mol. The minimum atomic E-state index is -0.877. The smallest absolute Gasteiger partial charge is 0.269 e. The molecule has 0 saturated carbocycles. The van der Waals surface area contributed by atoms with Crippen LogP contribution < -0.4 is 10.2 Å². The van der Waals surface area contributed by atoms with Crippen LogP contribution in [0.3, 0.4) is 0 Å². The first-order valence-corrected chi connectivity index (χ1v) is 13.3. The monoisotopic (exact) mass is 549 g/mol. The lowest BCUT2D eigenvalue weighted by molar-refractivity contribution is -0.384. The van der Waals surface area contributed by atoms with Crippen LogP contribution in [0.1, 0.15) is 46.3 Å². The molecule has 40 heavy (non-hydrogen) atoms. The molecule has 6 rings (SSSR count). The lowest BCUT2D eigenvalue weighted by Gasteiger charge is -2.35. The molecule has 1 aliphatic carbocycles. The number of anilines is 2. The Kier molecular flexibility index (Phi) is 6.66. The van der Waals surface area contributed by atoms with Crippen molar-refractivity contribution in [1.82, 2.24) is 0 Å². The van der Waals surface area contributed by atoms with E-state index in [-0.39, 0.29) is 29.7 Å². The first-order valence-electron chi connectivity index (χ1n) is 12.9. The minimum absolute atomic E-state index is 0.0923. The van der Waals surface area contributed by atoms with E-state index in [0.717, 1.165) is 5.56 Å². The number of carbonyl (C=O) groups is 2. The number of fused-ring (bicyclic) bond motifs is 1. The van der Waals surface area contributed by atoms with E-state index in [1.54, 1.807) is 41.3 Å². The summed E-state index contributed by atoms with van der Waals surface area (Å²) in [6.45, 7) is 0. The number of rotatable bonds is 4. The van der Waals surface area contributed by atoms with Crippen molar-refractivity contribution < 1.29 is 14.5 Å². The summed E-state index contributed by atoms with van der Waals surface area (Å²) in [6.07, 6.45) is 0.757. The second kappa shape index (κ2) is 10.4. The van der Waals surface area contributed by atoms with Gasteiger partial charge in [0.2, 0.25) is 0 Å². The van der Waals surface area contributed by atoms with Gasteiger partial charge in [0.25, 0.3) is 11.6 Å². The van der Waals surface area contributed by atoms with Gasteiger partial charge in [-0.1, -0.05) is 66.2 Å². The molecule has 7 nitrogen and oxygen atoms in total. The number of ketones is 1. The highest BCUT2D eigenvalue weighted by Gasteiger charge is 2.42. The molecule has 0 fully saturated rings. The molecule has 4 aromatic carbocycles. The maximum atomic E-state index is 14.2. The molecule has 0 spiro atoms. The Hall–Kier alpha value is -4.75. The average molecular weight is 550 g/mol. The number of para-hydroxylation sites is 2. The molecule has 0 saturated heterocycles. The molecule has 1 aliphatic heterocycles. The summed E-state index contributed by atoms with van der Waals surface area (Å²) in [7, 11) is 0. The van der Waals surface area contributed by atoms with Gasteiger partial charge < -0.3 is 5.32 Å². The molecular weight excluding hydrogens is 526 g/mol. The van der Waals surface area contributed by atoms with E-state index in [1.165, 1.54) is 12.1 Å². The second-order valence-corrected chi connectivity index (χ2v) is 10.3. The van der Waals surface area contributed by atoms with Gasteiger partial charge in [-0.15, -0.1) is 0 Å². The van der Waals surface area contributed by atoms with Crippen LogP contribution in [-0.4, -0.2) is 16.6 Å². The highest BCUT2D eigenvalue weighted by molar-refractivity contribution is 6.30. The van der Waals surface area contributed by atoms with Crippen molar-refractivity contribution in [1.29, 1.82) is 0 Å². The number of benzene rings is 4. The Morgan fingerprint density at radius 2 is 1.60 bits per heavy atom. The van der Waals surface area contributed by atoms with Crippen LogP contribution in [0.25, 0.3) is 0 Å². The Morgan fingerprint density at radius 1 is 0.875 bits per heavy atom. The van der Waals surface area contributed by atoms with E-state index in [1.807, 2.05) is 54.6 Å². The predicted octanol–water partition coefficient (Wildman–Crippen LogP) is 7.46. The van der Waals surface area contributed by atoms with E-state index < -0.39 is 11.0 Å². The number of allylic oxidation sites excluding steroid dienone is 1. The number of nitro groups is 1. The number of Topliss-reactive ketones (excluding diaryl/α,β-unsaturated/α-hetero) is 1. The molecule has 4 aromatic rings. The largest absolute Gasteiger partial charge is 0.357 e. The van der Waals surface area contributed by atoms with Crippen LogP contribution in [0.15, 0.2) is 114 Å². The van der Waals surface area contributed by atoms with Gasteiger partial charge in [-0.25, -0.2) is 0 Å². The maximum absolute atomic E-state index is 14.2. The van der Waals surface area contributed by atoms with Crippen LogP contribution in [0.4, 0.5) is 17.1 Å². The number of non-ortho nitro benzene ring substituents is 1. The number of carbonyl (C=O) groups excluding carboxylic acids is 2. The van der Waals surface area contributed by atoms with Gasteiger partial charge in [-0.05, 0) is 59.9 Å². The topological polar surface area (TPSA) is 92.5 Å². The highest BCUT2D eigenvalue weighted by Crippen LogP contribution is 2.48. The highest BCUT2D eigenvalue weighted by atomic mass is 35.5. The van der Waals surface area contributed by atoms with E-state index in [0.29, 0.717) is 45.2 Å². The fourth-order valence-electron chi connectivity index (χ4n) is 5.63. The molecule has 0 bridgehead atoms. The van der Waals surface area contributed by atoms with Gasteiger partial charge in [-0.3, -0.25) is 24.6 Å². The van der Waals surface area contributed by atoms with Crippen molar-refractivity contribution in [2.75, 3.05) is 10.2 Å². The van der Waals surface area contributed by atoms with E-state index in [4.69, 9.17) is 11.6 Å². The molecule has 0 aromatic heterocycles. The van der Waals surface area contributed by atoms with Gasteiger partial charge in [0.05, 0.1) is 22.3 Å². The number of amides is 1. The Labute approximate surface area is 235 Å². The average Bonchev–Trinajstić information content (AvgIpc) is 3.12. The molecule has 1 heterocycles. The fourth-order valence-corrected chi connectivity index (χ4v) is 5.75. The molecule has 1 N–H and O–H groups in total. The van der Waals surface area contributed by atoms with Crippen molar-refractivity contribution in [2.45, 2.75) is 24.8 Å². The fraction of sp³-hybridized carbons (Fsp3) is 0.125. The zero-order valence-electron chi connectivity index (χ0n) is 21.3. The molecular formula is C32H24ClN3O4. The molecule has 2 atom stereocenters. The first kappa shape index (κ1) is 25.5. The van der Waals surface area contributed by atoms with E-state index in [2.05, 4.69) is 5.32 Å². The lowest BCUT2D eigenvalue weighted by Crippen LogP contribution is -2.38. The van der Waals surface area contributed by atoms with Crippen molar-refractivity contribution in [3.8, 4) is 0 Å². The minimum Gasteiger partial charge on any atom is -0.357 e. The standard InChI is InChI=1S/C32H24ClN3O4/c33-24-15-13-20(14-16-24)23-18-27-30(29(37)19-23)31(22-9-6-10-25(17-22)36(39)40)35(28-12-5-4-11-26(28)34-27)32(38)21-7-2-1-3-8-21/h1-17,23,31,34H,18-19H2/t23-,31+/m1/s1. The van der Waals surface area contributed by atoms with Crippen LogP contribution >= 0.6 is 11.6 Å². The van der Waals surface area contributed by atoms with Crippen molar-refractivity contribution in [3.05, 3.63) is 146 Å². The van der Waals surface area contributed by atoms with Gasteiger partial charge in [-0.2, -0.15) is 0 Å². The van der Waals surface area contributed by atoms with Crippen LogP contribution in [0.5, 0.6) is 0 Å². The van der Waals surface area contributed by atoms with Crippen molar-refractivity contribution >= 4 is 40.4 Å². The van der Waals surface area contributed by atoms with Gasteiger partial charge in [0, 0.05) is 40.4 Å². The van der Waals surface area contributed by atoms with Gasteiger partial charge in [0.15, 0.2) is 5.78 Å². The maximum Gasteiger partial charge on any atom is 0.269 e. The zero-order chi connectivity index (χ0) is 27.8. The zero-order valence-corrected chi connectivity index (χ0v) is 22.0. The van der Waals surface area contributed by atoms with Crippen LogP contribution in [0, 0.1) is 10.1 Å². The third-order valence-corrected chi connectivity index (χ3v) is 7.72. The summed E-state index contributed by atoms with van der Waals surface area (Å²) in [5.74, 6) is -0.526. The third kappa shape index (κ3) is 4.65. The molecule has 8 heteroatoms. The summed E-state index contributed by atoms with van der Waals surface area (Å²) < 4.78 is 0. The number of hydrogen-bond donors (Lipinski definition) is 1. The van der Waals surface area contributed by atoms with E-state index >= 15 is 0 Å². The summed E-state index contributed by atoms with van der Waals surface area (Å²) >= 11 is 6.11. The number of nitrogens with one attached hydrogen (secondary N) is 1. The van der Waals surface area contributed by atoms with Crippen LogP contribution in [0.2, 0.25) is 5.02 Å². The third-order valence-electron chi connectivity index (χ3n) is 7.47. The molecule has 198 valence electrons. The Balaban J connectivity index is 1.57.